The summed E-state index contributed by atoms with van der Waals surface area (Å²) in [7, 11) is 0. The monoisotopic (exact) mass is 718 g/mol. The molecule has 0 radical (unpaired) electrons. The van der Waals surface area contributed by atoms with Crippen molar-refractivity contribution in [1.82, 2.24) is 9.88 Å². The highest BCUT2D eigenvalue weighted by Gasteiger charge is 2.22. The van der Waals surface area contributed by atoms with E-state index in [1.54, 1.807) is 0 Å². The molecule has 8 aromatic carbocycles. The Morgan fingerprint density at radius 2 is 1.12 bits per heavy atom. The van der Waals surface area contributed by atoms with Crippen molar-refractivity contribution in [3.8, 4) is 27.9 Å². The molecule has 56 heavy (non-hydrogen) atoms. The summed E-state index contributed by atoms with van der Waals surface area (Å²) >= 11 is 0. The fraction of sp³-hybridized carbons (Fsp3) is 0.0196. The molecule has 264 valence electrons. The van der Waals surface area contributed by atoms with E-state index in [0.717, 1.165) is 72.3 Å². The predicted molar refractivity (Wildman–Crippen MR) is 231 cm³/mol. The lowest BCUT2D eigenvalue weighted by Crippen LogP contribution is -2.33. The number of furan rings is 1. The minimum absolute atomic E-state index is 0.252. The number of hydrogen-bond donors (Lipinski definition) is 1. The molecule has 1 unspecified atom stereocenters. The first-order valence-corrected chi connectivity index (χ1v) is 18.9. The van der Waals surface area contributed by atoms with Crippen LogP contribution in [0.1, 0.15) is 22.9 Å². The first kappa shape index (κ1) is 32.0. The fourth-order valence-corrected chi connectivity index (χ4v) is 8.22. The lowest BCUT2D eigenvalue weighted by atomic mass is 9.98. The summed E-state index contributed by atoms with van der Waals surface area (Å²) in [5.41, 5.74) is 12.7. The maximum Gasteiger partial charge on any atom is 0.159 e. The molecule has 1 aliphatic heterocycles. The summed E-state index contributed by atoms with van der Waals surface area (Å²) in [4.78, 5) is 10.0. The smallest absolute Gasteiger partial charge is 0.159 e. The van der Waals surface area contributed by atoms with Gasteiger partial charge >= 0.3 is 0 Å². The second-order valence-electron chi connectivity index (χ2n) is 14.2. The molecule has 11 rings (SSSR count). The zero-order chi connectivity index (χ0) is 37.0. The van der Waals surface area contributed by atoms with Crippen molar-refractivity contribution in [1.29, 1.82) is 0 Å². The molecule has 0 saturated carbocycles. The van der Waals surface area contributed by atoms with Gasteiger partial charge in [0.25, 0.3) is 0 Å². The number of nitrogens with zero attached hydrogens (tertiary/aromatic N) is 3. The molecule has 0 bridgehead atoms. The van der Waals surface area contributed by atoms with Gasteiger partial charge in [0.1, 0.15) is 17.6 Å². The normalized spacial score (nSPS) is 14.2. The lowest BCUT2D eigenvalue weighted by Gasteiger charge is -2.23. The van der Waals surface area contributed by atoms with Gasteiger partial charge in [0, 0.05) is 32.7 Å². The Labute approximate surface area is 323 Å². The Balaban J connectivity index is 1.02. The number of hydrogen-bond acceptors (Lipinski definition) is 4. The quantitative estimate of drug-likeness (QED) is 0.186. The van der Waals surface area contributed by atoms with Crippen LogP contribution in [-0.2, 0) is 0 Å². The number of amidine groups is 2. The van der Waals surface area contributed by atoms with Gasteiger partial charge < -0.3 is 14.3 Å². The molecule has 0 aliphatic carbocycles. The number of fused-ring (bicyclic) bond motifs is 6. The van der Waals surface area contributed by atoms with Crippen molar-refractivity contribution in [2.75, 3.05) is 0 Å². The van der Waals surface area contributed by atoms with Gasteiger partial charge in [0.2, 0.25) is 0 Å². The van der Waals surface area contributed by atoms with E-state index in [2.05, 4.69) is 168 Å². The summed E-state index contributed by atoms with van der Waals surface area (Å²) in [5.74, 6) is 1.50. The second-order valence-corrected chi connectivity index (χ2v) is 14.2. The maximum atomic E-state index is 6.85. The summed E-state index contributed by atoms with van der Waals surface area (Å²) in [6.07, 6.45) is -0.252. The van der Waals surface area contributed by atoms with Gasteiger partial charge in [0.05, 0.1) is 16.7 Å². The van der Waals surface area contributed by atoms with E-state index in [1.165, 1.54) is 21.9 Å². The molecule has 1 aliphatic rings. The molecule has 2 aromatic heterocycles. The topological polar surface area (TPSA) is 54.8 Å². The molecule has 0 amide bonds. The van der Waals surface area contributed by atoms with E-state index in [4.69, 9.17) is 14.4 Å². The van der Waals surface area contributed by atoms with E-state index >= 15 is 0 Å². The Kier molecular flexibility index (Phi) is 7.49. The Morgan fingerprint density at radius 1 is 0.482 bits per heavy atom. The van der Waals surface area contributed by atoms with Crippen LogP contribution in [0, 0.1) is 0 Å². The third-order valence-corrected chi connectivity index (χ3v) is 10.9. The first-order valence-electron chi connectivity index (χ1n) is 18.9. The third kappa shape index (κ3) is 5.32. The van der Waals surface area contributed by atoms with Crippen LogP contribution in [0.2, 0.25) is 0 Å². The summed E-state index contributed by atoms with van der Waals surface area (Å²) < 4.78 is 9.21. The highest BCUT2D eigenvalue weighted by molar-refractivity contribution is 6.17. The molecule has 10 aromatic rings. The van der Waals surface area contributed by atoms with Crippen LogP contribution in [0.25, 0.3) is 71.7 Å². The molecule has 5 heteroatoms. The molecule has 1 atom stereocenters. The fourth-order valence-electron chi connectivity index (χ4n) is 8.22. The number of para-hydroxylation sites is 2. The molecule has 5 nitrogen and oxygen atoms in total. The van der Waals surface area contributed by atoms with Crippen molar-refractivity contribution < 1.29 is 4.42 Å². The minimum Gasteiger partial charge on any atom is -0.454 e. The maximum absolute atomic E-state index is 6.85. The average molecular weight is 719 g/mol. The lowest BCUT2D eigenvalue weighted by molar-refractivity contribution is 0.666. The van der Waals surface area contributed by atoms with Gasteiger partial charge in [-0.15, -0.1) is 0 Å². The van der Waals surface area contributed by atoms with Crippen LogP contribution in [0.3, 0.4) is 0 Å². The third-order valence-electron chi connectivity index (χ3n) is 10.9. The van der Waals surface area contributed by atoms with E-state index in [9.17, 15) is 0 Å². The van der Waals surface area contributed by atoms with Crippen molar-refractivity contribution in [3.05, 3.63) is 211 Å². The Bertz CT molecular complexity index is 3140. The van der Waals surface area contributed by atoms with Crippen molar-refractivity contribution in [3.63, 3.8) is 0 Å². The Hall–Kier alpha value is -7.50. The number of benzene rings is 8. The predicted octanol–water partition coefficient (Wildman–Crippen LogP) is 12.5. The van der Waals surface area contributed by atoms with Gasteiger partial charge in [-0.05, 0) is 52.1 Å². The number of rotatable bonds is 6. The SMILES string of the molecule is c1ccc(C2=NC(c3ccccc3)NC(c3ccc(-c4cccc5oc6c(-n7c8ccccc8c8ccc(-c9ccccc9)cc87)cccc6c45)cc3)=N2)cc1. The van der Waals surface area contributed by atoms with Gasteiger partial charge in [-0.3, -0.25) is 0 Å². The first-order chi connectivity index (χ1) is 27.8. The largest absolute Gasteiger partial charge is 0.454 e. The van der Waals surface area contributed by atoms with Crippen LogP contribution in [0.15, 0.2) is 209 Å². The van der Waals surface area contributed by atoms with Gasteiger partial charge in [0.15, 0.2) is 11.4 Å². The summed E-state index contributed by atoms with van der Waals surface area (Å²) in [6, 6.07) is 68.0. The van der Waals surface area contributed by atoms with Gasteiger partial charge in [-0.25, -0.2) is 9.98 Å². The highest BCUT2D eigenvalue weighted by atomic mass is 16.3. The summed E-state index contributed by atoms with van der Waals surface area (Å²) in [6.45, 7) is 0. The standard InChI is InChI=1S/C51H34N4O/c1-4-14-33(15-5-1)38-30-31-41-40-20-10-11-23-43(40)55(45(41)32-38)44-24-12-22-42-47-39(21-13-25-46(47)56-48(42)44)34-26-28-37(29-27-34)51-53-49(35-16-6-2-7-17-35)52-50(54-51)36-18-8-3-9-19-36/h1-32,49H,(H,52,53,54). The second kappa shape index (κ2) is 13.1. The molecule has 0 saturated heterocycles. The molecule has 1 N–H and O–H groups in total. The number of aromatic nitrogens is 1. The van der Waals surface area contributed by atoms with Crippen LogP contribution >= 0.6 is 0 Å². The van der Waals surface area contributed by atoms with Gasteiger partial charge in [-0.1, -0.05) is 170 Å². The number of nitrogens with one attached hydrogen (secondary N) is 1. The summed E-state index contributed by atoms with van der Waals surface area (Å²) in [5, 5.41) is 8.20. The molecule has 0 fully saturated rings. The van der Waals surface area contributed by atoms with E-state index in [0.29, 0.717) is 5.84 Å². The Morgan fingerprint density at radius 3 is 1.93 bits per heavy atom. The van der Waals surface area contributed by atoms with E-state index in [1.807, 2.05) is 36.4 Å². The van der Waals surface area contributed by atoms with Crippen LogP contribution < -0.4 is 5.32 Å². The van der Waals surface area contributed by atoms with Crippen LogP contribution in [0.5, 0.6) is 0 Å². The van der Waals surface area contributed by atoms with Crippen molar-refractivity contribution in [2.24, 2.45) is 9.98 Å². The van der Waals surface area contributed by atoms with Crippen molar-refractivity contribution in [2.45, 2.75) is 6.17 Å². The molecular weight excluding hydrogens is 685 g/mol. The van der Waals surface area contributed by atoms with E-state index < -0.39 is 0 Å². The molecular formula is C51H34N4O. The zero-order valence-corrected chi connectivity index (χ0v) is 30.3. The van der Waals surface area contributed by atoms with Crippen molar-refractivity contribution >= 4 is 55.4 Å². The molecule has 0 spiro atoms. The number of aliphatic imine (C=N–C) groups is 2. The zero-order valence-electron chi connectivity index (χ0n) is 30.3. The minimum atomic E-state index is -0.252. The highest BCUT2D eigenvalue weighted by Crippen LogP contribution is 2.42. The average Bonchev–Trinajstić information content (AvgIpc) is 3.83. The van der Waals surface area contributed by atoms with E-state index in [-0.39, 0.29) is 6.17 Å². The van der Waals surface area contributed by atoms with Crippen LogP contribution in [0.4, 0.5) is 0 Å². The van der Waals surface area contributed by atoms with Gasteiger partial charge in [-0.2, -0.15) is 0 Å². The molecule has 3 heterocycles. The van der Waals surface area contributed by atoms with Crippen LogP contribution in [-0.4, -0.2) is 16.2 Å².